The van der Waals surface area contributed by atoms with Gasteiger partial charge in [0.05, 0.1) is 12.7 Å². The molecule has 4 heteroatoms. The summed E-state index contributed by atoms with van der Waals surface area (Å²) in [7, 11) is 0. The van der Waals surface area contributed by atoms with E-state index in [-0.39, 0.29) is 12.5 Å². The Labute approximate surface area is 126 Å². The number of ether oxygens (including phenoxy) is 1. The van der Waals surface area contributed by atoms with Crippen LogP contribution in [-0.2, 0) is 16.0 Å². The Balaban J connectivity index is 1.69. The van der Waals surface area contributed by atoms with Crippen LogP contribution in [0.2, 0.25) is 0 Å². The summed E-state index contributed by atoms with van der Waals surface area (Å²) in [5, 5.41) is 12.1. The fraction of sp³-hybridized carbons (Fsp3) is 0.588. The maximum Gasteiger partial charge on any atom is 0.303 e. The summed E-state index contributed by atoms with van der Waals surface area (Å²) in [6.45, 7) is 4.63. The van der Waals surface area contributed by atoms with Gasteiger partial charge >= 0.3 is 5.97 Å². The fourth-order valence-electron chi connectivity index (χ4n) is 2.74. The summed E-state index contributed by atoms with van der Waals surface area (Å²) in [5.74, 6) is -0.268. The third kappa shape index (κ3) is 5.14. The molecule has 1 aromatic carbocycles. The zero-order valence-corrected chi connectivity index (χ0v) is 12.7. The number of aliphatic carboxylic acids is 1. The number of carboxylic acids is 1. The SMILES string of the molecule is CC(CCNCC1OCCc2ccccc21)CCC(=O)O. The third-order valence-corrected chi connectivity index (χ3v) is 4.09. The van der Waals surface area contributed by atoms with Crippen LogP contribution in [0.5, 0.6) is 0 Å². The average Bonchev–Trinajstić information content (AvgIpc) is 2.49. The summed E-state index contributed by atoms with van der Waals surface area (Å²) in [6, 6.07) is 8.47. The van der Waals surface area contributed by atoms with E-state index in [0.29, 0.717) is 5.92 Å². The molecule has 1 heterocycles. The molecule has 1 aliphatic heterocycles. The minimum Gasteiger partial charge on any atom is -0.481 e. The van der Waals surface area contributed by atoms with Crippen LogP contribution in [0.15, 0.2) is 24.3 Å². The Morgan fingerprint density at radius 3 is 3.05 bits per heavy atom. The van der Waals surface area contributed by atoms with E-state index in [1.54, 1.807) is 0 Å². The maximum absolute atomic E-state index is 10.5. The predicted molar refractivity (Wildman–Crippen MR) is 82.4 cm³/mol. The van der Waals surface area contributed by atoms with Crippen LogP contribution in [0.4, 0.5) is 0 Å². The van der Waals surface area contributed by atoms with Gasteiger partial charge in [0, 0.05) is 13.0 Å². The van der Waals surface area contributed by atoms with Gasteiger partial charge < -0.3 is 15.2 Å². The number of hydrogen-bond acceptors (Lipinski definition) is 3. The second kappa shape index (κ2) is 8.15. The summed E-state index contributed by atoms with van der Waals surface area (Å²) in [5.41, 5.74) is 2.69. The van der Waals surface area contributed by atoms with Crippen LogP contribution >= 0.6 is 0 Å². The number of hydrogen-bond donors (Lipinski definition) is 2. The molecule has 1 aliphatic rings. The van der Waals surface area contributed by atoms with Crippen molar-refractivity contribution in [1.29, 1.82) is 0 Å². The van der Waals surface area contributed by atoms with Crippen molar-refractivity contribution in [3.63, 3.8) is 0 Å². The number of rotatable bonds is 8. The molecule has 0 fully saturated rings. The first kappa shape index (κ1) is 16.0. The van der Waals surface area contributed by atoms with E-state index >= 15 is 0 Å². The molecule has 4 nitrogen and oxygen atoms in total. The molecule has 2 atom stereocenters. The highest BCUT2D eigenvalue weighted by Crippen LogP contribution is 2.26. The van der Waals surface area contributed by atoms with Gasteiger partial charge in [-0.3, -0.25) is 4.79 Å². The van der Waals surface area contributed by atoms with E-state index in [9.17, 15) is 4.79 Å². The van der Waals surface area contributed by atoms with Gasteiger partial charge in [-0.25, -0.2) is 0 Å². The zero-order valence-electron chi connectivity index (χ0n) is 12.7. The van der Waals surface area contributed by atoms with Crippen molar-refractivity contribution in [3.8, 4) is 0 Å². The van der Waals surface area contributed by atoms with Crippen LogP contribution in [0.1, 0.15) is 43.4 Å². The largest absolute Gasteiger partial charge is 0.481 e. The molecule has 0 spiro atoms. The maximum atomic E-state index is 10.5. The normalized spacial score (nSPS) is 19.0. The molecule has 1 aromatic rings. The molecule has 116 valence electrons. The Hall–Kier alpha value is -1.39. The quantitative estimate of drug-likeness (QED) is 0.723. The lowest BCUT2D eigenvalue weighted by molar-refractivity contribution is -0.137. The topological polar surface area (TPSA) is 58.6 Å². The lowest BCUT2D eigenvalue weighted by Crippen LogP contribution is -2.28. The van der Waals surface area contributed by atoms with Gasteiger partial charge in [-0.1, -0.05) is 31.2 Å². The first-order chi connectivity index (χ1) is 10.2. The number of carboxylic acid groups (broad SMARTS) is 1. The van der Waals surface area contributed by atoms with Crippen molar-refractivity contribution in [3.05, 3.63) is 35.4 Å². The first-order valence-corrected chi connectivity index (χ1v) is 7.78. The van der Waals surface area contributed by atoms with Crippen LogP contribution in [0, 0.1) is 5.92 Å². The zero-order chi connectivity index (χ0) is 15.1. The van der Waals surface area contributed by atoms with E-state index in [1.165, 1.54) is 11.1 Å². The molecule has 2 unspecified atom stereocenters. The van der Waals surface area contributed by atoms with Gasteiger partial charge in [0.2, 0.25) is 0 Å². The van der Waals surface area contributed by atoms with Gasteiger partial charge in [0.1, 0.15) is 0 Å². The number of fused-ring (bicyclic) bond motifs is 1. The summed E-state index contributed by atoms with van der Waals surface area (Å²) in [6.07, 6.45) is 3.16. The van der Waals surface area contributed by atoms with Crippen molar-refractivity contribution in [1.82, 2.24) is 5.32 Å². The lowest BCUT2D eigenvalue weighted by Gasteiger charge is -2.26. The Morgan fingerprint density at radius 1 is 1.43 bits per heavy atom. The average molecular weight is 291 g/mol. The van der Waals surface area contributed by atoms with Gasteiger partial charge in [-0.05, 0) is 42.9 Å². The minimum absolute atomic E-state index is 0.143. The minimum atomic E-state index is -0.706. The molecule has 0 bridgehead atoms. The van der Waals surface area contributed by atoms with Crippen LogP contribution in [0.3, 0.4) is 0 Å². The lowest BCUT2D eigenvalue weighted by atomic mass is 9.97. The molecule has 21 heavy (non-hydrogen) atoms. The number of nitrogens with one attached hydrogen (secondary N) is 1. The van der Waals surface area contributed by atoms with Crippen LogP contribution in [-0.4, -0.2) is 30.8 Å². The first-order valence-electron chi connectivity index (χ1n) is 7.78. The highest BCUT2D eigenvalue weighted by molar-refractivity contribution is 5.66. The fourth-order valence-corrected chi connectivity index (χ4v) is 2.74. The number of carbonyl (C=O) groups is 1. The third-order valence-electron chi connectivity index (χ3n) is 4.09. The summed E-state index contributed by atoms with van der Waals surface area (Å²) >= 11 is 0. The van der Waals surface area contributed by atoms with E-state index in [2.05, 4.69) is 36.5 Å². The monoisotopic (exact) mass is 291 g/mol. The Kier molecular flexibility index (Phi) is 6.21. The van der Waals surface area contributed by atoms with Crippen molar-refractivity contribution < 1.29 is 14.6 Å². The molecular formula is C17H25NO3. The second-order valence-electron chi connectivity index (χ2n) is 5.84. The molecule has 0 amide bonds. The van der Waals surface area contributed by atoms with Crippen LogP contribution < -0.4 is 5.32 Å². The van der Waals surface area contributed by atoms with Crippen molar-refractivity contribution >= 4 is 5.97 Å². The molecule has 0 radical (unpaired) electrons. The van der Waals surface area contributed by atoms with Gasteiger partial charge in [-0.2, -0.15) is 0 Å². The van der Waals surface area contributed by atoms with E-state index in [1.807, 2.05) is 0 Å². The van der Waals surface area contributed by atoms with Gasteiger partial charge in [0.25, 0.3) is 0 Å². The Bertz CT molecular complexity index is 461. The predicted octanol–water partition coefficient (Wildman–Crippen LogP) is 2.78. The summed E-state index contributed by atoms with van der Waals surface area (Å²) in [4.78, 5) is 10.5. The second-order valence-corrected chi connectivity index (χ2v) is 5.84. The molecular weight excluding hydrogens is 266 g/mol. The van der Waals surface area contributed by atoms with Crippen molar-refractivity contribution in [2.45, 2.75) is 38.7 Å². The van der Waals surface area contributed by atoms with E-state index < -0.39 is 5.97 Å². The molecule has 0 saturated heterocycles. The molecule has 0 aliphatic carbocycles. The molecule has 2 rings (SSSR count). The van der Waals surface area contributed by atoms with E-state index in [4.69, 9.17) is 9.84 Å². The van der Waals surface area contributed by atoms with Gasteiger partial charge in [0.15, 0.2) is 0 Å². The standard InChI is InChI=1S/C17H25NO3/c1-13(6-7-17(19)20)8-10-18-12-16-15-5-3-2-4-14(15)9-11-21-16/h2-5,13,16,18H,6-12H2,1H3,(H,19,20). The summed E-state index contributed by atoms with van der Waals surface area (Å²) < 4.78 is 5.85. The van der Waals surface area contributed by atoms with Crippen molar-refractivity contribution in [2.24, 2.45) is 5.92 Å². The van der Waals surface area contributed by atoms with Crippen molar-refractivity contribution in [2.75, 3.05) is 19.7 Å². The highest BCUT2D eigenvalue weighted by atomic mass is 16.5. The van der Waals surface area contributed by atoms with Gasteiger partial charge in [-0.15, -0.1) is 0 Å². The molecule has 0 saturated carbocycles. The van der Waals surface area contributed by atoms with Crippen LogP contribution in [0.25, 0.3) is 0 Å². The molecule has 2 N–H and O–H groups in total. The highest BCUT2D eigenvalue weighted by Gasteiger charge is 2.19. The Morgan fingerprint density at radius 2 is 2.24 bits per heavy atom. The molecule has 0 aromatic heterocycles. The smallest absolute Gasteiger partial charge is 0.303 e. The number of benzene rings is 1. The van der Waals surface area contributed by atoms with E-state index in [0.717, 1.165) is 39.0 Å².